The summed E-state index contributed by atoms with van der Waals surface area (Å²) in [5.41, 5.74) is 10.9. The molecule has 3 rings (SSSR count). The highest BCUT2D eigenvalue weighted by Crippen LogP contribution is 2.20. The molecule has 0 aromatic carbocycles. The molecule has 0 saturated carbocycles. The topological polar surface area (TPSA) is 88.5 Å². The van der Waals surface area contributed by atoms with Gasteiger partial charge >= 0.3 is 0 Å². The zero-order valence-corrected chi connectivity index (χ0v) is 12.1. The Hall–Kier alpha value is -3.08. The maximum absolute atomic E-state index is 7.69. The first kappa shape index (κ1) is 13.9. The fourth-order valence-corrected chi connectivity index (χ4v) is 2.23. The summed E-state index contributed by atoms with van der Waals surface area (Å²) in [4.78, 5) is 13.2. The molecule has 0 amide bonds. The standard InChI is InChI=1S/C17H15N5/c1-11-4-2-5-16(21-11)17(19)12(10-18)13-7-8-14-15(22-13)6-3-9-20-14/h2-10,18H,19H2,1H3/b17-12+,18-10?. The van der Waals surface area contributed by atoms with E-state index in [-0.39, 0.29) is 0 Å². The number of aryl methyl sites for hydroxylation is 1. The molecule has 0 radical (unpaired) electrons. The van der Waals surface area contributed by atoms with Crippen LogP contribution in [0.25, 0.3) is 22.3 Å². The summed E-state index contributed by atoms with van der Waals surface area (Å²) >= 11 is 0. The van der Waals surface area contributed by atoms with Crippen molar-refractivity contribution in [2.75, 3.05) is 0 Å². The quantitative estimate of drug-likeness (QED) is 0.726. The van der Waals surface area contributed by atoms with Gasteiger partial charge in [0.15, 0.2) is 0 Å². The van der Waals surface area contributed by atoms with E-state index < -0.39 is 0 Å². The van der Waals surface area contributed by atoms with Crippen LogP contribution in [0.2, 0.25) is 0 Å². The van der Waals surface area contributed by atoms with Crippen molar-refractivity contribution in [3.05, 3.63) is 65.7 Å². The fourth-order valence-electron chi connectivity index (χ4n) is 2.23. The lowest BCUT2D eigenvalue weighted by atomic mass is 10.1. The molecule has 0 spiro atoms. The number of pyridine rings is 3. The molecule has 0 saturated heterocycles. The molecule has 5 nitrogen and oxygen atoms in total. The largest absolute Gasteiger partial charge is 0.396 e. The third-order valence-corrected chi connectivity index (χ3v) is 3.33. The van der Waals surface area contributed by atoms with E-state index in [0.717, 1.165) is 16.7 Å². The van der Waals surface area contributed by atoms with E-state index in [1.165, 1.54) is 6.21 Å². The molecule has 22 heavy (non-hydrogen) atoms. The highest BCUT2D eigenvalue weighted by atomic mass is 14.8. The minimum atomic E-state index is 0.439. The molecule has 0 unspecified atom stereocenters. The Labute approximate surface area is 128 Å². The first-order valence-electron chi connectivity index (χ1n) is 6.85. The van der Waals surface area contributed by atoms with Crippen molar-refractivity contribution < 1.29 is 0 Å². The lowest BCUT2D eigenvalue weighted by Crippen LogP contribution is -2.06. The van der Waals surface area contributed by atoms with Gasteiger partial charge in [-0.05, 0) is 43.3 Å². The number of nitrogens with one attached hydrogen (secondary N) is 1. The number of hydrogen-bond donors (Lipinski definition) is 2. The Morgan fingerprint density at radius 2 is 1.86 bits per heavy atom. The number of nitrogens with zero attached hydrogens (tertiary/aromatic N) is 3. The summed E-state index contributed by atoms with van der Waals surface area (Å²) in [6.07, 6.45) is 2.94. The second-order valence-corrected chi connectivity index (χ2v) is 4.87. The Morgan fingerprint density at radius 3 is 2.64 bits per heavy atom. The van der Waals surface area contributed by atoms with Gasteiger partial charge in [0.05, 0.1) is 28.1 Å². The Bertz CT molecular complexity index is 883. The van der Waals surface area contributed by atoms with Crippen molar-refractivity contribution in [2.24, 2.45) is 5.73 Å². The summed E-state index contributed by atoms with van der Waals surface area (Å²) in [7, 11) is 0. The minimum Gasteiger partial charge on any atom is -0.396 e. The second kappa shape index (κ2) is 5.73. The molecule has 0 aliphatic heterocycles. The number of nitrogens with two attached hydrogens (primary N) is 1. The van der Waals surface area contributed by atoms with Crippen LogP contribution in [-0.4, -0.2) is 21.2 Å². The molecule has 0 bridgehead atoms. The molecular formula is C17H15N5. The summed E-state index contributed by atoms with van der Waals surface area (Å²) < 4.78 is 0. The van der Waals surface area contributed by atoms with Crippen LogP contribution in [0.15, 0.2) is 48.7 Å². The van der Waals surface area contributed by atoms with Gasteiger partial charge in [0.25, 0.3) is 0 Å². The van der Waals surface area contributed by atoms with E-state index in [4.69, 9.17) is 11.1 Å². The van der Waals surface area contributed by atoms with Crippen molar-refractivity contribution in [3.8, 4) is 0 Å². The van der Waals surface area contributed by atoms with E-state index in [1.807, 2.05) is 49.4 Å². The summed E-state index contributed by atoms with van der Waals surface area (Å²) in [5, 5.41) is 7.69. The summed E-state index contributed by atoms with van der Waals surface area (Å²) in [6.45, 7) is 1.90. The molecule has 108 valence electrons. The Kier molecular flexibility index (Phi) is 3.62. The number of allylic oxidation sites excluding steroid dienone is 1. The molecular weight excluding hydrogens is 274 g/mol. The highest BCUT2D eigenvalue weighted by molar-refractivity contribution is 6.17. The van der Waals surface area contributed by atoms with Crippen molar-refractivity contribution in [1.82, 2.24) is 15.0 Å². The predicted molar refractivity (Wildman–Crippen MR) is 88.3 cm³/mol. The molecule has 0 aliphatic rings. The third-order valence-electron chi connectivity index (χ3n) is 3.33. The molecule has 3 aromatic rings. The summed E-state index contributed by atoms with van der Waals surface area (Å²) in [6, 6.07) is 13.0. The number of hydrogen-bond acceptors (Lipinski definition) is 5. The van der Waals surface area contributed by atoms with Gasteiger partial charge in [-0.1, -0.05) is 6.07 Å². The number of rotatable bonds is 3. The molecule has 3 N–H and O–H groups in total. The third kappa shape index (κ3) is 2.56. The van der Waals surface area contributed by atoms with Gasteiger partial charge in [0.2, 0.25) is 0 Å². The van der Waals surface area contributed by atoms with Crippen LogP contribution < -0.4 is 5.73 Å². The van der Waals surface area contributed by atoms with Gasteiger partial charge < -0.3 is 11.1 Å². The van der Waals surface area contributed by atoms with E-state index in [9.17, 15) is 0 Å². The van der Waals surface area contributed by atoms with Crippen LogP contribution in [0, 0.1) is 12.3 Å². The van der Waals surface area contributed by atoms with Crippen LogP contribution in [0.4, 0.5) is 0 Å². The van der Waals surface area contributed by atoms with Crippen molar-refractivity contribution in [3.63, 3.8) is 0 Å². The van der Waals surface area contributed by atoms with E-state index >= 15 is 0 Å². The molecule has 3 heterocycles. The maximum atomic E-state index is 7.69. The van der Waals surface area contributed by atoms with E-state index in [2.05, 4.69) is 15.0 Å². The van der Waals surface area contributed by atoms with Crippen LogP contribution in [0.1, 0.15) is 17.1 Å². The first-order chi connectivity index (χ1) is 10.7. The average molecular weight is 289 g/mol. The monoisotopic (exact) mass is 289 g/mol. The lowest BCUT2D eigenvalue weighted by Gasteiger charge is -2.08. The van der Waals surface area contributed by atoms with Crippen LogP contribution in [-0.2, 0) is 0 Å². The van der Waals surface area contributed by atoms with Gasteiger partial charge in [-0.2, -0.15) is 0 Å². The average Bonchev–Trinajstić information content (AvgIpc) is 2.55. The minimum absolute atomic E-state index is 0.439. The number of aromatic nitrogens is 3. The molecule has 0 fully saturated rings. The van der Waals surface area contributed by atoms with Crippen LogP contribution >= 0.6 is 0 Å². The van der Waals surface area contributed by atoms with E-state index in [1.54, 1.807) is 6.20 Å². The predicted octanol–water partition coefficient (Wildman–Crippen LogP) is 2.81. The van der Waals surface area contributed by atoms with Gasteiger partial charge in [0.1, 0.15) is 0 Å². The van der Waals surface area contributed by atoms with Gasteiger partial charge in [-0.25, -0.2) is 4.98 Å². The van der Waals surface area contributed by atoms with Gasteiger partial charge in [-0.15, -0.1) is 0 Å². The smallest absolute Gasteiger partial charge is 0.0894 e. The molecule has 3 aromatic heterocycles. The Morgan fingerprint density at radius 1 is 1.00 bits per heavy atom. The van der Waals surface area contributed by atoms with Crippen LogP contribution in [0.5, 0.6) is 0 Å². The normalized spacial score (nSPS) is 12.0. The van der Waals surface area contributed by atoms with Gasteiger partial charge in [0, 0.05) is 23.7 Å². The molecule has 5 heteroatoms. The Balaban J connectivity index is 2.16. The van der Waals surface area contributed by atoms with Crippen molar-refractivity contribution in [1.29, 1.82) is 5.41 Å². The van der Waals surface area contributed by atoms with Crippen LogP contribution in [0.3, 0.4) is 0 Å². The number of fused-ring (bicyclic) bond motifs is 1. The maximum Gasteiger partial charge on any atom is 0.0894 e. The molecule has 0 aliphatic carbocycles. The molecule has 0 atom stereocenters. The van der Waals surface area contributed by atoms with Crippen molar-refractivity contribution >= 4 is 28.5 Å². The first-order valence-corrected chi connectivity index (χ1v) is 6.85. The fraction of sp³-hybridized carbons (Fsp3) is 0.0588. The van der Waals surface area contributed by atoms with Crippen molar-refractivity contribution in [2.45, 2.75) is 6.92 Å². The lowest BCUT2D eigenvalue weighted by molar-refractivity contribution is 1.16. The zero-order chi connectivity index (χ0) is 15.5. The summed E-state index contributed by atoms with van der Waals surface area (Å²) in [5.74, 6) is 0. The zero-order valence-electron chi connectivity index (χ0n) is 12.1. The highest BCUT2D eigenvalue weighted by Gasteiger charge is 2.10. The van der Waals surface area contributed by atoms with E-state index in [0.29, 0.717) is 22.7 Å². The van der Waals surface area contributed by atoms with Gasteiger partial charge in [-0.3, -0.25) is 9.97 Å². The SMILES string of the molecule is Cc1cccc(/C(N)=C(/C=N)c2ccc3ncccc3n2)n1. The second-order valence-electron chi connectivity index (χ2n) is 4.87.